The van der Waals surface area contributed by atoms with Crippen molar-refractivity contribution in [1.29, 1.82) is 0 Å². The van der Waals surface area contributed by atoms with E-state index in [0.29, 0.717) is 36.3 Å². The first-order chi connectivity index (χ1) is 19.1. The Morgan fingerprint density at radius 1 is 0.923 bits per heavy atom. The maximum absolute atomic E-state index is 13.5. The van der Waals surface area contributed by atoms with Crippen LogP contribution in [-0.4, -0.2) is 40.2 Å². The summed E-state index contributed by atoms with van der Waals surface area (Å²) >= 11 is 3.42. The molecule has 8 heteroatoms. The van der Waals surface area contributed by atoms with E-state index < -0.39 is 6.23 Å². The first kappa shape index (κ1) is 25.0. The van der Waals surface area contributed by atoms with E-state index in [4.69, 9.17) is 9.84 Å². The molecule has 0 radical (unpaired) electrons. The van der Waals surface area contributed by atoms with E-state index in [9.17, 15) is 9.59 Å². The molecule has 3 heterocycles. The number of rotatable bonds is 7. The third-order valence-corrected chi connectivity index (χ3v) is 7.45. The molecule has 1 amide bonds. The van der Waals surface area contributed by atoms with E-state index in [2.05, 4.69) is 26.2 Å². The molecule has 2 aliphatic rings. The van der Waals surface area contributed by atoms with Crippen LogP contribution >= 0.6 is 15.9 Å². The first-order valence-corrected chi connectivity index (χ1v) is 13.6. The molecule has 2 aliphatic heterocycles. The number of pyridine rings is 1. The topological polar surface area (TPSA) is 83.9 Å². The molecule has 1 aromatic heterocycles. The lowest BCUT2D eigenvalue weighted by Gasteiger charge is -2.37. The number of carbonyl (C=O) groups excluding carboxylic acids is 2. The molecule has 0 fully saturated rings. The van der Waals surface area contributed by atoms with E-state index in [1.165, 1.54) is 0 Å². The second-order valence-corrected chi connectivity index (χ2v) is 10.3. The van der Waals surface area contributed by atoms with Gasteiger partial charge in [-0.3, -0.25) is 14.6 Å². The van der Waals surface area contributed by atoms with Gasteiger partial charge in [0.25, 0.3) is 12.1 Å². The quantitative estimate of drug-likeness (QED) is 0.289. The molecule has 6 rings (SSSR count). The normalized spacial score (nSPS) is 17.5. The molecule has 3 aromatic carbocycles. The van der Waals surface area contributed by atoms with Crippen LogP contribution < -0.4 is 10.1 Å². The van der Waals surface area contributed by atoms with E-state index in [0.717, 1.165) is 27.0 Å². The minimum absolute atomic E-state index is 0.121. The molecule has 4 aromatic rings. The summed E-state index contributed by atoms with van der Waals surface area (Å²) < 4.78 is 7.10. The van der Waals surface area contributed by atoms with Crippen molar-refractivity contribution in [3.8, 4) is 5.75 Å². The highest BCUT2D eigenvalue weighted by Gasteiger charge is 2.43. The van der Waals surface area contributed by atoms with Gasteiger partial charge in [-0.25, -0.2) is 5.01 Å². The van der Waals surface area contributed by atoms with Crippen molar-refractivity contribution in [1.82, 2.24) is 15.3 Å². The van der Waals surface area contributed by atoms with Crippen LogP contribution in [0.3, 0.4) is 0 Å². The van der Waals surface area contributed by atoms with Gasteiger partial charge >= 0.3 is 0 Å². The van der Waals surface area contributed by atoms with Crippen LogP contribution in [0.25, 0.3) is 0 Å². The monoisotopic (exact) mass is 580 g/mol. The Morgan fingerprint density at radius 3 is 2.44 bits per heavy atom. The van der Waals surface area contributed by atoms with Crippen LogP contribution in [-0.2, 0) is 6.42 Å². The fourth-order valence-electron chi connectivity index (χ4n) is 4.90. The maximum atomic E-state index is 13.5. The molecule has 0 spiro atoms. The lowest BCUT2D eigenvalue weighted by atomic mass is 9.95. The van der Waals surface area contributed by atoms with Crippen molar-refractivity contribution in [3.63, 3.8) is 0 Å². The fraction of sp³-hybridized carbons (Fsp3) is 0.161. The number of carbonyl (C=O) groups is 2. The van der Waals surface area contributed by atoms with Crippen molar-refractivity contribution < 1.29 is 14.3 Å². The molecule has 0 bridgehead atoms. The molecule has 2 atom stereocenters. The summed E-state index contributed by atoms with van der Waals surface area (Å²) in [5, 5.41) is 9.60. The summed E-state index contributed by atoms with van der Waals surface area (Å²) in [5.41, 5.74) is 4.82. The van der Waals surface area contributed by atoms with Crippen molar-refractivity contribution >= 4 is 33.3 Å². The molecule has 1 N–H and O–H groups in total. The zero-order valence-electron chi connectivity index (χ0n) is 21.0. The van der Waals surface area contributed by atoms with Gasteiger partial charge in [-0.1, -0.05) is 64.5 Å². The lowest BCUT2D eigenvalue weighted by molar-refractivity contribution is -0.00455. The molecule has 0 saturated carbocycles. The van der Waals surface area contributed by atoms with Crippen molar-refractivity contribution in [2.75, 3.05) is 6.54 Å². The Labute approximate surface area is 234 Å². The van der Waals surface area contributed by atoms with Crippen molar-refractivity contribution in [3.05, 3.63) is 130 Å². The van der Waals surface area contributed by atoms with E-state index in [1.54, 1.807) is 35.5 Å². The number of Topliss-reactive ketones (excluding diaryl/α,β-unsaturated/α-hetero) is 1. The fourth-order valence-corrected chi connectivity index (χ4v) is 5.17. The van der Waals surface area contributed by atoms with Gasteiger partial charge in [-0.15, -0.1) is 0 Å². The zero-order chi connectivity index (χ0) is 26.8. The summed E-state index contributed by atoms with van der Waals surface area (Å²) in [6.07, 6.45) is 2.17. The number of aromatic nitrogens is 1. The Morgan fingerprint density at radius 2 is 1.67 bits per heavy atom. The number of hydrogen-bond donors (Lipinski definition) is 1. The standard InChI is InChI=1S/C31H25BrN4O3/c32-23-14-12-21(13-15-23)29(37)31-36-27(25-6-1-2-7-28(25)39-31)19-26(35-36)20-8-10-22(11-9-20)30(38)34-18-16-24-5-3-4-17-33-24/h1-15,17,27,31H,16,18-19H2,(H,34,38). The largest absolute Gasteiger partial charge is 0.461 e. The molecule has 7 nitrogen and oxygen atoms in total. The van der Waals surface area contributed by atoms with E-state index in [1.807, 2.05) is 66.7 Å². The van der Waals surface area contributed by atoms with Crippen LogP contribution in [0.4, 0.5) is 0 Å². The Kier molecular flexibility index (Phi) is 6.94. The van der Waals surface area contributed by atoms with Gasteiger partial charge in [-0.05, 0) is 48.0 Å². The van der Waals surface area contributed by atoms with Crippen molar-refractivity contribution in [2.45, 2.75) is 25.1 Å². The second kappa shape index (κ2) is 10.8. The SMILES string of the molecule is O=C(NCCc1ccccn1)c1ccc(C2=NN3C(C(=O)c4ccc(Br)cc4)Oc4ccccc4C3C2)cc1. The first-order valence-electron chi connectivity index (χ1n) is 12.8. The number of nitrogens with zero attached hydrogens (tertiary/aromatic N) is 3. The summed E-state index contributed by atoms with van der Waals surface area (Å²) in [7, 11) is 0. The number of hydrogen-bond acceptors (Lipinski definition) is 6. The number of ether oxygens (including phenoxy) is 1. The molecule has 194 valence electrons. The molecular formula is C31H25BrN4O3. The molecular weight excluding hydrogens is 556 g/mol. The third kappa shape index (κ3) is 5.20. The van der Waals surface area contributed by atoms with Gasteiger partial charge in [0.2, 0.25) is 5.78 Å². The van der Waals surface area contributed by atoms with Crippen LogP contribution in [0.1, 0.15) is 50.0 Å². The summed E-state index contributed by atoms with van der Waals surface area (Å²) in [6.45, 7) is 0.508. The molecule has 39 heavy (non-hydrogen) atoms. The lowest BCUT2D eigenvalue weighted by Crippen LogP contribution is -2.45. The number of ketones is 1. The second-order valence-electron chi connectivity index (χ2n) is 9.43. The number of nitrogens with one attached hydrogen (secondary N) is 1. The number of para-hydroxylation sites is 1. The van der Waals surface area contributed by atoms with Gasteiger partial charge in [0.15, 0.2) is 0 Å². The minimum Gasteiger partial charge on any atom is -0.461 e. The predicted octanol–water partition coefficient (Wildman–Crippen LogP) is 5.57. The molecule has 0 aliphatic carbocycles. The van der Waals surface area contributed by atoms with Crippen LogP contribution in [0.2, 0.25) is 0 Å². The summed E-state index contributed by atoms with van der Waals surface area (Å²) in [6, 6.07) is 28.1. The number of halogens is 1. The van der Waals surface area contributed by atoms with Crippen LogP contribution in [0.15, 0.2) is 107 Å². The third-order valence-electron chi connectivity index (χ3n) is 6.93. The average Bonchev–Trinajstić information content (AvgIpc) is 3.43. The number of benzene rings is 3. The Bertz CT molecular complexity index is 1540. The average molecular weight is 581 g/mol. The number of fused-ring (bicyclic) bond motifs is 3. The maximum Gasteiger partial charge on any atom is 0.251 e. The Balaban J connectivity index is 1.20. The zero-order valence-corrected chi connectivity index (χ0v) is 22.5. The smallest absolute Gasteiger partial charge is 0.251 e. The summed E-state index contributed by atoms with van der Waals surface area (Å²) in [4.78, 5) is 30.4. The highest BCUT2D eigenvalue weighted by atomic mass is 79.9. The predicted molar refractivity (Wildman–Crippen MR) is 152 cm³/mol. The number of hydrazone groups is 1. The van der Waals surface area contributed by atoms with Gasteiger partial charge in [0, 0.05) is 52.4 Å². The molecule has 0 saturated heterocycles. The van der Waals surface area contributed by atoms with Gasteiger partial charge < -0.3 is 10.1 Å². The minimum atomic E-state index is -0.868. The van der Waals surface area contributed by atoms with Crippen LogP contribution in [0.5, 0.6) is 5.75 Å². The Hall–Kier alpha value is -4.30. The van der Waals surface area contributed by atoms with Gasteiger partial charge in [0.05, 0.1) is 11.8 Å². The van der Waals surface area contributed by atoms with Crippen molar-refractivity contribution in [2.24, 2.45) is 5.10 Å². The highest BCUT2D eigenvalue weighted by molar-refractivity contribution is 9.10. The van der Waals surface area contributed by atoms with Gasteiger partial charge in [-0.2, -0.15) is 5.10 Å². The number of amides is 1. The molecule has 2 unspecified atom stereocenters. The van der Waals surface area contributed by atoms with Crippen LogP contribution in [0, 0.1) is 0 Å². The van der Waals surface area contributed by atoms with E-state index >= 15 is 0 Å². The summed E-state index contributed by atoms with van der Waals surface area (Å²) in [5.74, 6) is 0.416. The van der Waals surface area contributed by atoms with E-state index in [-0.39, 0.29) is 17.7 Å². The highest BCUT2D eigenvalue weighted by Crippen LogP contribution is 2.43. The van der Waals surface area contributed by atoms with Gasteiger partial charge in [0.1, 0.15) is 5.75 Å².